The van der Waals surface area contributed by atoms with Crippen molar-refractivity contribution in [2.24, 2.45) is 0 Å². The molecule has 0 bridgehead atoms. The standard InChI is InChI=1S/C27H29N5O2/c1-4-6-7-10-17-31-18(3)28-25-23(27(31)33)24-26(30-22-12-9-8-11-21(22)29-24)32(25)19-13-15-20(16-14-19)34-5-2/h8-9,11-16H,4-7,10,17H2,1-3H3. The third kappa shape index (κ3) is 3.81. The quantitative estimate of drug-likeness (QED) is 0.286. The topological polar surface area (TPSA) is 74.8 Å². The van der Waals surface area contributed by atoms with Crippen molar-refractivity contribution >= 4 is 33.2 Å². The van der Waals surface area contributed by atoms with E-state index in [0.717, 1.165) is 48.2 Å². The molecule has 0 fully saturated rings. The number of aryl methyl sites for hydroxylation is 1. The van der Waals surface area contributed by atoms with E-state index in [-0.39, 0.29) is 5.56 Å². The highest BCUT2D eigenvalue weighted by Gasteiger charge is 2.22. The summed E-state index contributed by atoms with van der Waals surface area (Å²) in [6, 6.07) is 15.5. The fourth-order valence-corrected chi connectivity index (χ4v) is 4.49. The third-order valence-electron chi connectivity index (χ3n) is 6.19. The van der Waals surface area contributed by atoms with Crippen LogP contribution in [0.5, 0.6) is 5.75 Å². The molecule has 174 valence electrons. The van der Waals surface area contributed by atoms with Crippen LogP contribution in [0.2, 0.25) is 0 Å². The summed E-state index contributed by atoms with van der Waals surface area (Å²) in [5.74, 6) is 1.50. The molecule has 7 nitrogen and oxygen atoms in total. The molecule has 0 aliphatic heterocycles. The molecule has 0 radical (unpaired) electrons. The van der Waals surface area contributed by atoms with Gasteiger partial charge in [-0.2, -0.15) is 0 Å². The van der Waals surface area contributed by atoms with E-state index in [1.54, 1.807) is 4.57 Å². The minimum atomic E-state index is -0.0572. The summed E-state index contributed by atoms with van der Waals surface area (Å²) in [6.07, 6.45) is 4.37. The van der Waals surface area contributed by atoms with Crippen molar-refractivity contribution < 1.29 is 4.74 Å². The summed E-state index contributed by atoms with van der Waals surface area (Å²) in [4.78, 5) is 28.5. The Labute approximate surface area is 198 Å². The molecular weight excluding hydrogens is 426 g/mol. The summed E-state index contributed by atoms with van der Waals surface area (Å²) >= 11 is 0. The summed E-state index contributed by atoms with van der Waals surface area (Å²) in [5.41, 5.74) is 4.14. The molecule has 0 unspecified atom stereocenters. The predicted octanol–water partition coefficient (Wildman–Crippen LogP) is 5.57. The number of nitrogens with zero attached hydrogens (tertiary/aromatic N) is 5. The van der Waals surface area contributed by atoms with Crippen LogP contribution in [0.15, 0.2) is 53.3 Å². The van der Waals surface area contributed by atoms with Gasteiger partial charge in [-0.25, -0.2) is 15.0 Å². The van der Waals surface area contributed by atoms with Gasteiger partial charge in [0.25, 0.3) is 5.56 Å². The molecule has 7 heteroatoms. The number of hydrogen-bond acceptors (Lipinski definition) is 5. The van der Waals surface area contributed by atoms with Crippen LogP contribution in [-0.2, 0) is 6.54 Å². The Morgan fingerprint density at radius 2 is 1.59 bits per heavy atom. The molecule has 0 N–H and O–H groups in total. The maximum atomic E-state index is 13.8. The lowest BCUT2D eigenvalue weighted by atomic mass is 10.2. The molecule has 3 aromatic heterocycles. The summed E-state index contributed by atoms with van der Waals surface area (Å²) in [5, 5.41) is 0.517. The van der Waals surface area contributed by atoms with E-state index in [0.29, 0.717) is 41.2 Å². The molecular formula is C27H29N5O2. The monoisotopic (exact) mass is 455 g/mol. The third-order valence-corrected chi connectivity index (χ3v) is 6.19. The molecule has 0 aliphatic carbocycles. The Morgan fingerprint density at radius 1 is 0.853 bits per heavy atom. The number of benzene rings is 2. The smallest absolute Gasteiger partial charge is 0.265 e. The van der Waals surface area contributed by atoms with Gasteiger partial charge in [-0.1, -0.05) is 38.3 Å². The lowest BCUT2D eigenvalue weighted by Gasteiger charge is -2.11. The summed E-state index contributed by atoms with van der Waals surface area (Å²) in [6.45, 7) is 7.30. The molecule has 34 heavy (non-hydrogen) atoms. The van der Waals surface area contributed by atoms with Crippen LogP contribution < -0.4 is 10.3 Å². The van der Waals surface area contributed by atoms with Crippen molar-refractivity contribution in [2.75, 3.05) is 6.61 Å². The van der Waals surface area contributed by atoms with Gasteiger partial charge in [0.15, 0.2) is 11.3 Å². The largest absolute Gasteiger partial charge is 0.494 e. The van der Waals surface area contributed by atoms with Crippen LogP contribution in [-0.4, -0.2) is 30.7 Å². The van der Waals surface area contributed by atoms with Gasteiger partial charge >= 0.3 is 0 Å². The second kappa shape index (κ2) is 9.25. The Kier molecular flexibility index (Phi) is 6.01. The molecule has 5 aromatic rings. The van der Waals surface area contributed by atoms with Crippen molar-refractivity contribution in [1.82, 2.24) is 24.1 Å². The van der Waals surface area contributed by atoms with Crippen LogP contribution in [0, 0.1) is 6.92 Å². The van der Waals surface area contributed by atoms with E-state index in [4.69, 9.17) is 19.7 Å². The molecule has 2 aromatic carbocycles. The molecule has 0 aliphatic rings. The Bertz CT molecular complexity index is 1530. The van der Waals surface area contributed by atoms with E-state index in [1.807, 2.05) is 66.9 Å². The van der Waals surface area contributed by atoms with Gasteiger partial charge in [0.1, 0.15) is 22.5 Å². The van der Waals surface area contributed by atoms with Gasteiger partial charge < -0.3 is 4.74 Å². The van der Waals surface area contributed by atoms with Crippen LogP contribution >= 0.6 is 0 Å². The summed E-state index contributed by atoms with van der Waals surface area (Å²) in [7, 11) is 0. The van der Waals surface area contributed by atoms with Gasteiger partial charge in [0.2, 0.25) is 0 Å². The van der Waals surface area contributed by atoms with Gasteiger partial charge in [-0.3, -0.25) is 13.9 Å². The lowest BCUT2D eigenvalue weighted by Crippen LogP contribution is -2.24. The highest BCUT2D eigenvalue weighted by atomic mass is 16.5. The summed E-state index contributed by atoms with van der Waals surface area (Å²) < 4.78 is 9.34. The second-order valence-electron chi connectivity index (χ2n) is 8.52. The Morgan fingerprint density at radius 3 is 2.29 bits per heavy atom. The van der Waals surface area contributed by atoms with Crippen molar-refractivity contribution in [3.8, 4) is 11.4 Å². The van der Waals surface area contributed by atoms with Gasteiger partial charge in [-0.15, -0.1) is 0 Å². The van der Waals surface area contributed by atoms with E-state index in [1.165, 1.54) is 0 Å². The number of hydrogen-bond donors (Lipinski definition) is 0. The van der Waals surface area contributed by atoms with Crippen LogP contribution in [0.4, 0.5) is 0 Å². The molecule has 0 amide bonds. The number of para-hydroxylation sites is 2. The predicted molar refractivity (Wildman–Crippen MR) is 136 cm³/mol. The number of unbranched alkanes of at least 4 members (excludes halogenated alkanes) is 3. The Hall–Kier alpha value is -3.74. The van der Waals surface area contributed by atoms with E-state index >= 15 is 0 Å². The molecule has 3 heterocycles. The SMILES string of the molecule is CCCCCCn1c(C)nc2c(c1=O)c1nc3ccccc3nc1n2-c1ccc(OCC)cc1. The number of ether oxygens (including phenoxy) is 1. The van der Waals surface area contributed by atoms with Crippen molar-refractivity contribution in [3.05, 3.63) is 64.7 Å². The average molecular weight is 456 g/mol. The number of aromatic nitrogens is 5. The van der Waals surface area contributed by atoms with Crippen molar-refractivity contribution in [2.45, 2.75) is 53.0 Å². The average Bonchev–Trinajstić information content (AvgIpc) is 3.15. The zero-order valence-corrected chi connectivity index (χ0v) is 19.9. The maximum Gasteiger partial charge on any atom is 0.265 e. The first kappa shape index (κ1) is 22.1. The fraction of sp³-hybridized carbons (Fsp3) is 0.333. The van der Waals surface area contributed by atoms with Crippen LogP contribution in [0.3, 0.4) is 0 Å². The van der Waals surface area contributed by atoms with E-state index in [9.17, 15) is 4.79 Å². The van der Waals surface area contributed by atoms with Gasteiger partial charge in [0, 0.05) is 12.2 Å². The maximum absolute atomic E-state index is 13.8. The first-order chi connectivity index (χ1) is 16.6. The van der Waals surface area contributed by atoms with E-state index in [2.05, 4.69) is 6.92 Å². The normalized spacial score (nSPS) is 11.6. The van der Waals surface area contributed by atoms with Crippen molar-refractivity contribution in [3.63, 3.8) is 0 Å². The van der Waals surface area contributed by atoms with Crippen LogP contribution in [0.25, 0.3) is 38.9 Å². The number of fused-ring (bicyclic) bond motifs is 4. The molecule has 0 saturated heterocycles. The minimum Gasteiger partial charge on any atom is -0.494 e. The minimum absolute atomic E-state index is 0.0572. The molecule has 0 spiro atoms. The molecule has 5 rings (SSSR count). The first-order valence-electron chi connectivity index (χ1n) is 12.0. The first-order valence-corrected chi connectivity index (χ1v) is 12.0. The van der Waals surface area contributed by atoms with E-state index < -0.39 is 0 Å². The highest BCUT2D eigenvalue weighted by Crippen LogP contribution is 2.29. The molecule has 0 saturated carbocycles. The fourth-order valence-electron chi connectivity index (χ4n) is 4.49. The Balaban J connectivity index is 1.78. The van der Waals surface area contributed by atoms with Crippen molar-refractivity contribution in [1.29, 1.82) is 0 Å². The van der Waals surface area contributed by atoms with Gasteiger partial charge in [0.05, 0.1) is 17.6 Å². The second-order valence-corrected chi connectivity index (χ2v) is 8.52. The highest BCUT2D eigenvalue weighted by molar-refractivity contribution is 6.05. The zero-order valence-electron chi connectivity index (χ0n) is 19.9. The van der Waals surface area contributed by atoms with Crippen LogP contribution in [0.1, 0.15) is 45.4 Å². The number of rotatable bonds is 8. The lowest BCUT2D eigenvalue weighted by molar-refractivity contribution is 0.340. The zero-order chi connectivity index (χ0) is 23.7. The molecule has 0 atom stereocenters. The van der Waals surface area contributed by atoms with Gasteiger partial charge in [-0.05, 0) is 56.7 Å².